The van der Waals surface area contributed by atoms with E-state index in [1.54, 1.807) is 12.4 Å². The number of fused-ring (bicyclic) bond motifs is 3. The molecule has 3 heteroatoms. The summed E-state index contributed by atoms with van der Waals surface area (Å²) < 4.78 is 0. The Balaban J connectivity index is 1.91. The maximum atomic E-state index is 12.4. The zero-order chi connectivity index (χ0) is 13.5. The number of carbonyl (C=O) groups excluding carboxylic acids is 1. The number of nitrogens with zero attached hydrogens (tertiary/aromatic N) is 2. The van der Waals surface area contributed by atoms with Gasteiger partial charge in [-0.2, -0.15) is 0 Å². The summed E-state index contributed by atoms with van der Waals surface area (Å²) in [5, 5.41) is 0. The molecule has 0 unspecified atom stereocenters. The molecule has 0 radical (unpaired) electrons. The Morgan fingerprint density at radius 2 is 1.45 bits per heavy atom. The largest absolute Gasteiger partial charge is 0.287 e. The minimum Gasteiger partial charge on any atom is -0.287 e. The van der Waals surface area contributed by atoms with Crippen LogP contribution in [0, 0.1) is 0 Å². The Morgan fingerprint density at radius 1 is 0.700 bits per heavy atom. The van der Waals surface area contributed by atoms with Crippen molar-refractivity contribution in [3.05, 3.63) is 72.2 Å². The third-order valence-electron chi connectivity index (χ3n) is 3.54. The van der Waals surface area contributed by atoms with E-state index in [9.17, 15) is 4.79 Å². The summed E-state index contributed by atoms with van der Waals surface area (Å²) in [6.07, 6.45) is 3.17. The van der Waals surface area contributed by atoms with Crippen LogP contribution >= 0.6 is 0 Å². The fourth-order valence-corrected chi connectivity index (χ4v) is 2.58. The van der Waals surface area contributed by atoms with Crippen molar-refractivity contribution in [1.82, 2.24) is 9.97 Å². The lowest BCUT2D eigenvalue weighted by Crippen LogP contribution is -1.98. The molecule has 0 bridgehead atoms. The molecule has 0 spiro atoms. The van der Waals surface area contributed by atoms with Crippen LogP contribution in [0.5, 0.6) is 0 Å². The lowest BCUT2D eigenvalue weighted by atomic mass is 10.00. The van der Waals surface area contributed by atoms with E-state index >= 15 is 0 Å². The van der Waals surface area contributed by atoms with Gasteiger partial charge in [-0.15, -0.1) is 0 Å². The fraction of sp³-hybridized carbons (Fsp3) is 0. The molecule has 0 saturated heterocycles. The zero-order valence-corrected chi connectivity index (χ0v) is 10.6. The predicted molar refractivity (Wildman–Crippen MR) is 76.3 cm³/mol. The second-order valence-electron chi connectivity index (χ2n) is 4.71. The van der Waals surface area contributed by atoms with Crippen molar-refractivity contribution in [3.63, 3.8) is 0 Å². The SMILES string of the molecule is O=C1c2cc(-c3ccccc3)ccc2-c2nccnc21. The van der Waals surface area contributed by atoms with Gasteiger partial charge in [0.05, 0.1) is 0 Å². The van der Waals surface area contributed by atoms with Gasteiger partial charge in [-0.05, 0) is 17.2 Å². The Labute approximate surface area is 116 Å². The van der Waals surface area contributed by atoms with E-state index in [0.717, 1.165) is 16.7 Å². The highest BCUT2D eigenvalue weighted by Gasteiger charge is 2.29. The van der Waals surface area contributed by atoms with Crippen molar-refractivity contribution in [2.75, 3.05) is 0 Å². The minimum absolute atomic E-state index is 0.0409. The van der Waals surface area contributed by atoms with Gasteiger partial charge in [-0.3, -0.25) is 9.78 Å². The standard InChI is InChI=1S/C17H10N2O/c20-17-14-10-12(11-4-2-1-3-5-11)6-7-13(14)15-16(17)19-9-8-18-15/h1-10H. The summed E-state index contributed by atoms with van der Waals surface area (Å²) in [6, 6.07) is 15.9. The highest BCUT2D eigenvalue weighted by molar-refractivity contribution is 6.20. The first-order valence-corrected chi connectivity index (χ1v) is 6.40. The van der Waals surface area contributed by atoms with E-state index in [-0.39, 0.29) is 5.78 Å². The molecule has 3 aromatic rings. The number of ketones is 1. The third kappa shape index (κ3) is 1.50. The predicted octanol–water partition coefficient (Wildman–Crippen LogP) is 3.36. The second kappa shape index (κ2) is 4.10. The topological polar surface area (TPSA) is 42.9 Å². The van der Waals surface area contributed by atoms with Gasteiger partial charge < -0.3 is 0 Å². The van der Waals surface area contributed by atoms with Crippen molar-refractivity contribution in [1.29, 1.82) is 0 Å². The first-order valence-electron chi connectivity index (χ1n) is 6.40. The average molecular weight is 258 g/mol. The molecule has 0 atom stereocenters. The highest BCUT2D eigenvalue weighted by Crippen LogP contribution is 2.35. The van der Waals surface area contributed by atoms with Crippen molar-refractivity contribution in [2.45, 2.75) is 0 Å². The molecule has 0 aliphatic heterocycles. The average Bonchev–Trinajstić information content (AvgIpc) is 2.81. The molecular weight excluding hydrogens is 248 g/mol. The summed E-state index contributed by atoms with van der Waals surface area (Å²) in [5.74, 6) is -0.0409. The normalized spacial score (nSPS) is 12.1. The molecular formula is C17H10N2O. The van der Waals surface area contributed by atoms with E-state index in [4.69, 9.17) is 0 Å². The van der Waals surface area contributed by atoms with Crippen LogP contribution in [-0.4, -0.2) is 15.8 Å². The van der Waals surface area contributed by atoms with Crippen LogP contribution < -0.4 is 0 Å². The van der Waals surface area contributed by atoms with Crippen LogP contribution in [0.2, 0.25) is 0 Å². The minimum atomic E-state index is -0.0409. The molecule has 20 heavy (non-hydrogen) atoms. The van der Waals surface area contributed by atoms with E-state index in [0.29, 0.717) is 17.0 Å². The number of hydrogen-bond acceptors (Lipinski definition) is 3. The van der Waals surface area contributed by atoms with Gasteiger partial charge in [0, 0.05) is 23.5 Å². The monoisotopic (exact) mass is 258 g/mol. The first kappa shape index (κ1) is 11.1. The van der Waals surface area contributed by atoms with E-state index < -0.39 is 0 Å². The molecule has 1 aliphatic rings. The van der Waals surface area contributed by atoms with Crippen molar-refractivity contribution < 1.29 is 4.79 Å². The van der Waals surface area contributed by atoms with Crippen LogP contribution in [0.3, 0.4) is 0 Å². The van der Waals surface area contributed by atoms with E-state index in [1.165, 1.54) is 0 Å². The smallest absolute Gasteiger partial charge is 0.214 e. The third-order valence-corrected chi connectivity index (χ3v) is 3.54. The fourth-order valence-electron chi connectivity index (χ4n) is 2.58. The molecule has 2 aromatic carbocycles. The van der Waals surface area contributed by atoms with Crippen molar-refractivity contribution >= 4 is 5.78 Å². The Bertz CT molecular complexity index is 825. The van der Waals surface area contributed by atoms with Gasteiger partial charge in [-0.1, -0.05) is 42.5 Å². The maximum absolute atomic E-state index is 12.4. The summed E-state index contributed by atoms with van der Waals surface area (Å²) in [4.78, 5) is 20.8. The lowest BCUT2D eigenvalue weighted by Gasteiger charge is -2.04. The first-order chi connectivity index (χ1) is 9.84. The van der Waals surface area contributed by atoms with Crippen LogP contribution in [0.4, 0.5) is 0 Å². The van der Waals surface area contributed by atoms with E-state index in [2.05, 4.69) is 9.97 Å². The summed E-state index contributed by atoms with van der Waals surface area (Å²) in [5.41, 5.74) is 4.83. The van der Waals surface area contributed by atoms with E-state index in [1.807, 2.05) is 48.5 Å². The number of hydrogen-bond donors (Lipinski definition) is 0. The molecule has 0 saturated carbocycles. The Morgan fingerprint density at radius 3 is 2.25 bits per heavy atom. The van der Waals surface area contributed by atoms with Crippen LogP contribution in [0.15, 0.2) is 60.9 Å². The Kier molecular flexibility index (Phi) is 2.27. The molecule has 0 fully saturated rings. The summed E-state index contributed by atoms with van der Waals surface area (Å²) >= 11 is 0. The van der Waals surface area contributed by atoms with Crippen LogP contribution in [0.1, 0.15) is 16.1 Å². The molecule has 4 rings (SSSR count). The van der Waals surface area contributed by atoms with Gasteiger partial charge in [-0.25, -0.2) is 4.98 Å². The summed E-state index contributed by atoms with van der Waals surface area (Å²) in [7, 11) is 0. The van der Waals surface area contributed by atoms with Crippen molar-refractivity contribution in [3.8, 4) is 22.4 Å². The molecule has 1 aromatic heterocycles. The highest BCUT2D eigenvalue weighted by atomic mass is 16.1. The van der Waals surface area contributed by atoms with Gasteiger partial charge in [0.25, 0.3) is 0 Å². The number of carbonyl (C=O) groups is 1. The zero-order valence-electron chi connectivity index (χ0n) is 10.6. The number of rotatable bonds is 1. The maximum Gasteiger partial charge on any atom is 0.214 e. The summed E-state index contributed by atoms with van der Waals surface area (Å²) in [6.45, 7) is 0. The second-order valence-corrected chi connectivity index (χ2v) is 4.71. The van der Waals surface area contributed by atoms with Crippen LogP contribution in [-0.2, 0) is 0 Å². The number of benzene rings is 2. The van der Waals surface area contributed by atoms with Gasteiger partial charge >= 0.3 is 0 Å². The quantitative estimate of drug-likeness (QED) is 0.526. The lowest BCUT2D eigenvalue weighted by molar-refractivity contribution is 0.103. The van der Waals surface area contributed by atoms with Crippen LogP contribution in [0.25, 0.3) is 22.4 Å². The number of aromatic nitrogens is 2. The van der Waals surface area contributed by atoms with Gasteiger partial charge in [0.2, 0.25) is 5.78 Å². The van der Waals surface area contributed by atoms with Gasteiger partial charge in [0.15, 0.2) is 0 Å². The molecule has 94 valence electrons. The molecule has 3 nitrogen and oxygen atoms in total. The molecule has 0 amide bonds. The Hall–Kier alpha value is -2.81. The van der Waals surface area contributed by atoms with Gasteiger partial charge in [0.1, 0.15) is 11.4 Å². The molecule has 1 heterocycles. The molecule has 1 aliphatic carbocycles. The van der Waals surface area contributed by atoms with Crippen molar-refractivity contribution in [2.24, 2.45) is 0 Å². The molecule has 0 N–H and O–H groups in total.